The fourth-order valence-corrected chi connectivity index (χ4v) is 4.03. The molecule has 0 atom stereocenters. The highest BCUT2D eigenvalue weighted by atomic mass is 35.5. The molecule has 3 aromatic rings. The Balaban J connectivity index is 2.09. The van der Waals surface area contributed by atoms with E-state index in [1.165, 1.54) is 6.07 Å². The van der Waals surface area contributed by atoms with Gasteiger partial charge >= 0.3 is 12.5 Å². The van der Waals surface area contributed by atoms with Crippen LogP contribution in [0.5, 0.6) is 5.75 Å². The van der Waals surface area contributed by atoms with Crippen molar-refractivity contribution in [1.29, 1.82) is 0 Å². The van der Waals surface area contributed by atoms with Crippen molar-refractivity contribution >= 4 is 46.6 Å². The summed E-state index contributed by atoms with van der Waals surface area (Å²) in [5.41, 5.74) is 3.37. The van der Waals surface area contributed by atoms with Crippen molar-refractivity contribution in [3.8, 4) is 5.75 Å². The number of rotatable bonds is 2. The van der Waals surface area contributed by atoms with Gasteiger partial charge in [-0.15, -0.1) is 0 Å². The molecule has 0 fully saturated rings. The number of carbonyl (C=O) groups is 1. The van der Waals surface area contributed by atoms with Crippen molar-refractivity contribution in [3.05, 3.63) is 81.6 Å². The number of benzene rings is 2. The third-order valence-corrected chi connectivity index (χ3v) is 5.97. The zero-order valence-corrected chi connectivity index (χ0v) is 16.3. The Bertz CT molecular complexity index is 1050. The summed E-state index contributed by atoms with van der Waals surface area (Å²) in [6, 6.07) is 14.3. The molecule has 27 heavy (non-hydrogen) atoms. The monoisotopic (exact) mass is 399 g/mol. The average molecular weight is 400 g/mol. The first-order chi connectivity index (χ1) is 12.8. The van der Waals surface area contributed by atoms with Crippen LogP contribution < -0.4 is 15.4 Å². The first-order valence-electron chi connectivity index (χ1n) is 8.49. The molecule has 1 aliphatic rings. The van der Waals surface area contributed by atoms with E-state index in [0.717, 1.165) is 11.1 Å². The maximum absolute atomic E-state index is 12.7. The molecule has 1 aliphatic heterocycles. The van der Waals surface area contributed by atoms with E-state index in [0.29, 0.717) is 21.0 Å². The number of hydrogen-bond donors (Lipinski definition) is 1. The van der Waals surface area contributed by atoms with Gasteiger partial charge in [0.2, 0.25) is 0 Å². The summed E-state index contributed by atoms with van der Waals surface area (Å²) in [6.07, 6.45) is 1.72. The minimum absolute atomic E-state index is 0.103. The molecular formula is C20H16BCl2NO3. The topological polar surface area (TPSA) is 50.4 Å². The summed E-state index contributed by atoms with van der Waals surface area (Å²) in [7, 11) is 0. The molecule has 2 heterocycles. The highest BCUT2D eigenvalue weighted by Gasteiger charge is 2.54. The van der Waals surface area contributed by atoms with Gasteiger partial charge in [-0.25, -0.2) is 4.79 Å². The summed E-state index contributed by atoms with van der Waals surface area (Å²) < 4.78 is 7.65. The van der Waals surface area contributed by atoms with Crippen LogP contribution in [-0.2, 0) is 4.65 Å². The second kappa shape index (κ2) is 6.29. The van der Waals surface area contributed by atoms with Gasteiger partial charge in [0.05, 0.1) is 0 Å². The third-order valence-electron chi connectivity index (χ3n) is 5.16. The van der Waals surface area contributed by atoms with Gasteiger partial charge in [0.25, 0.3) is 5.69 Å². The third kappa shape index (κ3) is 2.61. The molecule has 0 saturated heterocycles. The fourth-order valence-electron chi connectivity index (χ4n) is 3.65. The lowest BCUT2D eigenvalue weighted by Gasteiger charge is -2.30. The molecule has 4 rings (SSSR count). The van der Waals surface area contributed by atoms with Crippen LogP contribution in [0.2, 0.25) is 10.0 Å². The van der Waals surface area contributed by atoms with Crippen molar-refractivity contribution in [2.75, 3.05) is 0 Å². The minimum atomic E-state index is -2.20. The van der Waals surface area contributed by atoms with E-state index < -0.39 is 12.5 Å². The highest BCUT2D eigenvalue weighted by Crippen LogP contribution is 2.25. The van der Waals surface area contributed by atoms with Gasteiger partial charge in [-0.3, -0.25) is 0 Å². The van der Waals surface area contributed by atoms with Gasteiger partial charge in [0.15, 0.2) is 5.75 Å². The molecule has 1 aromatic heterocycles. The minimum Gasteiger partial charge on any atom is -0.617 e. The number of pyridine rings is 1. The smallest absolute Gasteiger partial charge is 0.516 e. The van der Waals surface area contributed by atoms with Crippen LogP contribution in [-0.4, -0.2) is 17.6 Å². The molecule has 0 aliphatic carbocycles. The van der Waals surface area contributed by atoms with E-state index in [4.69, 9.17) is 27.9 Å². The van der Waals surface area contributed by atoms with Crippen LogP contribution in [0.15, 0.2) is 54.7 Å². The Labute approximate surface area is 166 Å². The van der Waals surface area contributed by atoms with Gasteiger partial charge in [0, 0.05) is 16.1 Å². The average Bonchev–Trinajstić information content (AvgIpc) is 2.95. The fraction of sp³-hybridized carbons (Fsp3) is 0.100. The SMILES string of the molecule is Cc1ccc([B-]2(c3ccc(C)c(Cl)c3)OC(=O)c3c(O)ccc[n+]32)cc1Cl. The van der Waals surface area contributed by atoms with E-state index in [9.17, 15) is 9.90 Å². The van der Waals surface area contributed by atoms with Crippen LogP contribution in [0.4, 0.5) is 0 Å². The predicted octanol–water partition coefficient (Wildman–Crippen LogP) is 2.88. The Morgan fingerprint density at radius 2 is 1.52 bits per heavy atom. The van der Waals surface area contributed by atoms with Gasteiger partial charge in [-0.05, 0) is 31.0 Å². The van der Waals surface area contributed by atoms with Crippen molar-refractivity contribution in [1.82, 2.24) is 0 Å². The lowest BCUT2D eigenvalue weighted by Crippen LogP contribution is -2.78. The molecule has 0 radical (unpaired) electrons. The van der Waals surface area contributed by atoms with Crippen molar-refractivity contribution in [2.24, 2.45) is 0 Å². The number of aromatic nitrogens is 1. The number of nitrogens with zero attached hydrogens (tertiary/aromatic N) is 1. The number of aryl methyl sites for hydroxylation is 2. The highest BCUT2D eigenvalue weighted by molar-refractivity contribution is 6.92. The standard InChI is InChI=1S/C20H16BCl2NO3/c1-12-5-7-14(10-16(12)22)21(15-8-6-13(2)17(23)11-15)24-9-3-4-18(25)19(24)20(26)27-21/h3-11,25H,1-2H3. The second-order valence-electron chi connectivity index (χ2n) is 6.82. The Kier molecular flexibility index (Phi) is 4.17. The van der Waals surface area contributed by atoms with Gasteiger partial charge < -0.3 is 14.2 Å². The second-order valence-corrected chi connectivity index (χ2v) is 7.63. The van der Waals surface area contributed by atoms with E-state index in [1.54, 1.807) is 28.9 Å². The van der Waals surface area contributed by atoms with Crippen LogP contribution >= 0.6 is 23.2 Å². The first kappa shape index (κ1) is 17.9. The lowest BCUT2D eigenvalue weighted by molar-refractivity contribution is -0.546. The summed E-state index contributed by atoms with van der Waals surface area (Å²) in [5.74, 6) is -0.732. The molecule has 0 saturated carbocycles. The van der Waals surface area contributed by atoms with Crippen molar-refractivity contribution in [3.63, 3.8) is 0 Å². The quantitative estimate of drug-likeness (QED) is 0.674. The summed E-state index contributed by atoms with van der Waals surface area (Å²) in [4.78, 5) is 12.7. The van der Waals surface area contributed by atoms with E-state index in [1.807, 2.05) is 38.1 Å². The molecule has 0 bridgehead atoms. The number of fused-ring (bicyclic) bond motifs is 1. The van der Waals surface area contributed by atoms with E-state index in [2.05, 4.69) is 0 Å². The molecule has 0 spiro atoms. The van der Waals surface area contributed by atoms with E-state index in [-0.39, 0.29) is 11.4 Å². The Morgan fingerprint density at radius 1 is 0.963 bits per heavy atom. The molecule has 136 valence electrons. The molecule has 0 unspecified atom stereocenters. The van der Waals surface area contributed by atoms with Gasteiger partial charge in [-0.1, -0.05) is 70.5 Å². The maximum atomic E-state index is 12.7. The van der Waals surface area contributed by atoms with Crippen molar-refractivity contribution in [2.45, 2.75) is 13.8 Å². The summed E-state index contributed by atoms with van der Waals surface area (Å²) in [5, 5.41) is 11.4. The molecule has 1 N–H and O–H groups in total. The van der Waals surface area contributed by atoms with Crippen LogP contribution in [0, 0.1) is 13.8 Å². The Hall–Kier alpha value is -2.50. The van der Waals surface area contributed by atoms with Gasteiger partial charge in [-0.2, -0.15) is 0 Å². The molecule has 4 nitrogen and oxygen atoms in total. The van der Waals surface area contributed by atoms with Gasteiger partial charge in [0.1, 0.15) is 6.20 Å². The normalized spacial score (nSPS) is 14.7. The largest absolute Gasteiger partial charge is 0.617 e. The summed E-state index contributed by atoms with van der Waals surface area (Å²) in [6.45, 7) is 1.61. The number of halogens is 2. The van der Waals surface area contributed by atoms with Crippen molar-refractivity contribution < 1.29 is 19.0 Å². The number of aromatic hydroxyl groups is 1. The number of carbonyl (C=O) groups excluding carboxylic acids is 1. The number of hydrogen-bond acceptors (Lipinski definition) is 3. The van der Waals surface area contributed by atoms with Crippen LogP contribution in [0.3, 0.4) is 0 Å². The molecule has 7 heteroatoms. The Morgan fingerprint density at radius 3 is 2.04 bits per heavy atom. The predicted molar refractivity (Wildman–Crippen MR) is 107 cm³/mol. The zero-order valence-electron chi connectivity index (χ0n) is 14.7. The molecular weight excluding hydrogens is 384 g/mol. The van der Waals surface area contributed by atoms with Crippen LogP contribution in [0.1, 0.15) is 21.6 Å². The molecule has 0 amide bonds. The molecule has 2 aromatic carbocycles. The zero-order chi connectivity index (χ0) is 19.3. The summed E-state index contributed by atoms with van der Waals surface area (Å²) >= 11 is 12.8. The first-order valence-corrected chi connectivity index (χ1v) is 9.25. The van der Waals surface area contributed by atoms with Crippen LogP contribution in [0.25, 0.3) is 0 Å². The van der Waals surface area contributed by atoms with E-state index >= 15 is 0 Å². The maximum Gasteiger partial charge on any atom is 0.516 e. The lowest BCUT2D eigenvalue weighted by atomic mass is 9.41.